The molecule has 1 amide bonds. The van der Waals surface area contributed by atoms with Gasteiger partial charge in [-0.25, -0.2) is 5.43 Å². The first-order valence-corrected chi connectivity index (χ1v) is 8.22. The zero-order chi connectivity index (χ0) is 16.2. The fourth-order valence-corrected chi connectivity index (χ4v) is 2.27. The maximum Gasteiger partial charge on any atom is 0.275 e. The van der Waals surface area contributed by atoms with Crippen molar-refractivity contribution >= 4 is 23.7 Å². The predicted molar refractivity (Wildman–Crippen MR) is 92.0 cm³/mol. The van der Waals surface area contributed by atoms with Crippen molar-refractivity contribution in [3.8, 4) is 5.75 Å². The molecule has 0 fully saturated rings. The molecule has 0 aliphatic carbocycles. The number of nitrogens with zero attached hydrogens (tertiary/aromatic N) is 1. The second kappa shape index (κ2) is 11.1. The average molecular weight is 325 g/mol. The van der Waals surface area contributed by atoms with Crippen molar-refractivity contribution < 1.29 is 9.53 Å². The molecule has 0 aromatic heterocycles. The van der Waals surface area contributed by atoms with Crippen molar-refractivity contribution in [3.05, 3.63) is 28.8 Å². The summed E-state index contributed by atoms with van der Waals surface area (Å²) in [5.74, 6) is 0.159. The third kappa shape index (κ3) is 6.94. The monoisotopic (exact) mass is 324 g/mol. The van der Waals surface area contributed by atoms with E-state index in [4.69, 9.17) is 16.3 Å². The van der Waals surface area contributed by atoms with E-state index in [-0.39, 0.29) is 5.91 Å². The van der Waals surface area contributed by atoms with Gasteiger partial charge in [0.1, 0.15) is 5.75 Å². The van der Waals surface area contributed by atoms with E-state index in [0.717, 1.165) is 12.8 Å². The molecule has 0 spiro atoms. The summed E-state index contributed by atoms with van der Waals surface area (Å²) in [4.78, 5) is 12.0. The normalized spacial score (nSPS) is 10.9. The van der Waals surface area contributed by atoms with Gasteiger partial charge in [-0.3, -0.25) is 4.79 Å². The quantitative estimate of drug-likeness (QED) is 0.381. The Labute approximate surface area is 137 Å². The average Bonchev–Trinajstić information content (AvgIpc) is 2.53. The fraction of sp³-hybridized carbons (Fsp3) is 0.529. The predicted octanol–water partition coefficient (Wildman–Crippen LogP) is 4.81. The van der Waals surface area contributed by atoms with Gasteiger partial charge in [0, 0.05) is 11.2 Å². The Morgan fingerprint density at radius 2 is 2.00 bits per heavy atom. The molecule has 0 atom stereocenters. The number of halogens is 1. The van der Waals surface area contributed by atoms with Gasteiger partial charge < -0.3 is 4.74 Å². The maximum atomic E-state index is 12.0. The highest BCUT2D eigenvalue weighted by molar-refractivity contribution is 6.31. The van der Waals surface area contributed by atoms with Crippen LogP contribution in [0.2, 0.25) is 5.02 Å². The molecule has 0 unspecified atom stereocenters. The van der Waals surface area contributed by atoms with Gasteiger partial charge in [-0.1, -0.05) is 50.6 Å². The molecule has 0 heterocycles. The molecule has 22 heavy (non-hydrogen) atoms. The number of unbranched alkanes of at least 4 members (excludes halogenated alkanes) is 6. The third-order valence-electron chi connectivity index (χ3n) is 3.35. The van der Waals surface area contributed by atoms with E-state index in [0.29, 0.717) is 16.3 Å². The number of hydrazone groups is 1. The lowest BCUT2D eigenvalue weighted by Crippen LogP contribution is -2.18. The first-order valence-electron chi connectivity index (χ1n) is 7.84. The second-order valence-corrected chi connectivity index (χ2v) is 5.59. The van der Waals surface area contributed by atoms with Gasteiger partial charge in [0.05, 0.1) is 12.7 Å². The van der Waals surface area contributed by atoms with Gasteiger partial charge in [-0.2, -0.15) is 5.10 Å². The molecule has 1 N–H and O–H groups in total. The standard InChI is InChI=1S/C17H25ClN2O2/c1-3-4-5-6-7-8-9-12-19-20-17(21)15-13-14(18)10-11-16(15)22-2/h10-13H,3-9H2,1-2H3,(H,20,21)/b19-12+. The molecule has 0 aliphatic rings. The van der Waals surface area contributed by atoms with E-state index in [1.165, 1.54) is 39.2 Å². The fourth-order valence-electron chi connectivity index (χ4n) is 2.10. The van der Waals surface area contributed by atoms with Crippen LogP contribution >= 0.6 is 11.6 Å². The summed E-state index contributed by atoms with van der Waals surface area (Å²) in [7, 11) is 1.52. The van der Waals surface area contributed by atoms with Crippen LogP contribution in [0.4, 0.5) is 0 Å². The summed E-state index contributed by atoms with van der Waals surface area (Å²) in [6, 6.07) is 4.91. The van der Waals surface area contributed by atoms with Crippen LogP contribution in [0.15, 0.2) is 23.3 Å². The summed E-state index contributed by atoms with van der Waals surface area (Å²) < 4.78 is 5.14. The number of nitrogens with one attached hydrogen (secondary N) is 1. The van der Waals surface area contributed by atoms with Crippen molar-refractivity contribution in [2.45, 2.75) is 51.9 Å². The van der Waals surface area contributed by atoms with Gasteiger partial charge in [0.2, 0.25) is 0 Å². The van der Waals surface area contributed by atoms with Gasteiger partial charge in [-0.15, -0.1) is 0 Å². The summed E-state index contributed by atoms with van der Waals surface area (Å²) in [6.07, 6.45) is 10.1. The molecule has 0 saturated heterocycles. The van der Waals surface area contributed by atoms with Gasteiger partial charge in [-0.05, 0) is 31.0 Å². The van der Waals surface area contributed by atoms with Crippen LogP contribution in [0.3, 0.4) is 0 Å². The van der Waals surface area contributed by atoms with Crippen LogP contribution < -0.4 is 10.2 Å². The van der Waals surface area contributed by atoms with Crippen molar-refractivity contribution in [1.29, 1.82) is 0 Å². The number of ether oxygens (including phenoxy) is 1. The lowest BCUT2D eigenvalue weighted by molar-refractivity contribution is 0.0952. The second-order valence-electron chi connectivity index (χ2n) is 5.15. The van der Waals surface area contributed by atoms with Crippen LogP contribution in [-0.2, 0) is 0 Å². The number of methoxy groups -OCH3 is 1. The van der Waals surface area contributed by atoms with Crippen molar-refractivity contribution in [3.63, 3.8) is 0 Å². The minimum absolute atomic E-state index is 0.321. The smallest absolute Gasteiger partial charge is 0.275 e. The zero-order valence-electron chi connectivity index (χ0n) is 13.4. The number of hydrogen-bond donors (Lipinski definition) is 1. The van der Waals surface area contributed by atoms with E-state index < -0.39 is 0 Å². The lowest BCUT2D eigenvalue weighted by Gasteiger charge is -2.07. The summed E-state index contributed by atoms with van der Waals surface area (Å²) in [5, 5.41) is 4.45. The molecule has 1 aromatic carbocycles. The minimum Gasteiger partial charge on any atom is -0.496 e. The molecule has 4 nitrogen and oxygen atoms in total. The molecule has 0 bridgehead atoms. The van der Waals surface area contributed by atoms with Crippen molar-refractivity contribution in [1.82, 2.24) is 5.43 Å². The van der Waals surface area contributed by atoms with E-state index in [1.54, 1.807) is 24.4 Å². The van der Waals surface area contributed by atoms with Crippen LogP contribution in [0.25, 0.3) is 0 Å². The number of carbonyl (C=O) groups is 1. The molecule has 5 heteroatoms. The Bertz CT molecular complexity index is 490. The molecular formula is C17H25ClN2O2. The maximum absolute atomic E-state index is 12.0. The van der Waals surface area contributed by atoms with E-state index in [9.17, 15) is 4.79 Å². The minimum atomic E-state index is -0.321. The molecule has 1 rings (SSSR count). The molecule has 0 saturated carbocycles. The Balaban J connectivity index is 2.31. The van der Waals surface area contributed by atoms with Gasteiger partial charge >= 0.3 is 0 Å². The first kappa shape index (κ1) is 18.5. The van der Waals surface area contributed by atoms with Crippen LogP contribution in [0.1, 0.15) is 62.2 Å². The Morgan fingerprint density at radius 1 is 1.27 bits per heavy atom. The van der Waals surface area contributed by atoms with E-state index >= 15 is 0 Å². The van der Waals surface area contributed by atoms with Gasteiger partial charge in [0.25, 0.3) is 5.91 Å². The number of amides is 1. The molecule has 0 aliphatic heterocycles. The van der Waals surface area contributed by atoms with Crippen molar-refractivity contribution in [2.24, 2.45) is 5.10 Å². The highest BCUT2D eigenvalue weighted by atomic mass is 35.5. The molecule has 0 radical (unpaired) electrons. The Hall–Kier alpha value is -1.55. The Kier molecular flexibility index (Phi) is 9.31. The highest BCUT2D eigenvalue weighted by Gasteiger charge is 2.11. The summed E-state index contributed by atoms with van der Waals surface area (Å²) in [6.45, 7) is 2.21. The van der Waals surface area contributed by atoms with Crippen molar-refractivity contribution in [2.75, 3.05) is 7.11 Å². The molecule has 122 valence electrons. The zero-order valence-corrected chi connectivity index (χ0v) is 14.2. The van der Waals surface area contributed by atoms with E-state index in [1.807, 2.05) is 0 Å². The molecule has 1 aromatic rings. The number of hydrogen-bond acceptors (Lipinski definition) is 3. The lowest BCUT2D eigenvalue weighted by atomic mass is 10.1. The number of rotatable bonds is 10. The number of carbonyl (C=O) groups excluding carboxylic acids is 1. The summed E-state index contributed by atoms with van der Waals surface area (Å²) >= 11 is 5.90. The van der Waals surface area contributed by atoms with Crippen LogP contribution in [-0.4, -0.2) is 19.2 Å². The Morgan fingerprint density at radius 3 is 2.73 bits per heavy atom. The van der Waals surface area contributed by atoms with Gasteiger partial charge in [0.15, 0.2) is 0 Å². The number of benzene rings is 1. The van der Waals surface area contributed by atoms with Crippen LogP contribution in [0, 0.1) is 0 Å². The van der Waals surface area contributed by atoms with E-state index in [2.05, 4.69) is 17.5 Å². The first-order chi connectivity index (χ1) is 10.7. The highest BCUT2D eigenvalue weighted by Crippen LogP contribution is 2.22. The van der Waals surface area contributed by atoms with Crippen LogP contribution in [0.5, 0.6) is 5.75 Å². The topological polar surface area (TPSA) is 50.7 Å². The SMILES string of the molecule is CCCCCCCC/C=N/NC(=O)c1cc(Cl)ccc1OC. The summed E-state index contributed by atoms with van der Waals surface area (Å²) in [5.41, 5.74) is 2.89. The third-order valence-corrected chi connectivity index (χ3v) is 3.59. The largest absolute Gasteiger partial charge is 0.496 e. The molecular weight excluding hydrogens is 300 g/mol.